The lowest BCUT2D eigenvalue weighted by Crippen LogP contribution is -2.51. The first-order valence-electron chi connectivity index (χ1n) is 9.27. The predicted molar refractivity (Wildman–Crippen MR) is 99.6 cm³/mol. The number of sulfonamides is 1. The fraction of sp³-hybridized carbons (Fsp3) is 0.632. The molecule has 0 saturated carbocycles. The second-order valence-corrected chi connectivity index (χ2v) is 9.95. The number of ether oxygens (including phenoxy) is 1. The SMILES string of the molecule is CC(C)(C)OC(=O)N1CCN(S(=O)(=O)c2ccc3c(c2)CCCC3)CC1. The third-order valence-electron chi connectivity index (χ3n) is 4.85. The van der Waals surface area contributed by atoms with Gasteiger partial charge in [0.2, 0.25) is 10.0 Å². The molecule has 1 fully saturated rings. The quantitative estimate of drug-likeness (QED) is 0.791. The first kappa shape index (κ1) is 19.2. The summed E-state index contributed by atoms with van der Waals surface area (Å²) in [6.45, 7) is 6.74. The monoisotopic (exact) mass is 380 g/mol. The highest BCUT2D eigenvalue weighted by Gasteiger charge is 2.32. The third-order valence-corrected chi connectivity index (χ3v) is 6.74. The molecule has 1 aromatic carbocycles. The van der Waals surface area contributed by atoms with E-state index in [4.69, 9.17) is 4.74 Å². The van der Waals surface area contributed by atoms with Crippen LogP contribution in [0, 0.1) is 0 Å². The van der Waals surface area contributed by atoms with Gasteiger partial charge in [-0.15, -0.1) is 0 Å². The van der Waals surface area contributed by atoms with Gasteiger partial charge in [-0.25, -0.2) is 13.2 Å². The molecule has 0 spiro atoms. The van der Waals surface area contributed by atoms with Crippen molar-refractivity contribution in [1.82, 2.24) is 9.21 Å². The summed E-state index contributed by atoms with van der Waals surface area (Å²) in [5.74, 6) is 0. The van der Waals surface area contributed by atoms with Crippen molar-refractivity contribution < 1.29 is 17.9 Å². The molecule has 1 aliphatic heterocycles. The molecule has 0 radical (unpaired) electrons. The Morgan fingerprint density at radius 2 is 1.62 bits per heavy atom. The van der Waals surface area contributed by atoms with E-state index >= 15 is 0 Å². The number of fused-ring (bicyclic) bond motifs is 1. The number of carbonyl (C=O) groups is 1. The maximum atomic E-state index is 13.0. The highest BCUT2D eigenvalue weighted by Crippen LogP contribution is 2.26. The zero-order valence-corrected chi connectivity index (χ0v) is 16.6. The second-order valence-electron chi connectivity index (χ2n) is 8.01. The molecule has 1 aliphatic carbocycles. The molecule has 7 heteroatoms. The molecule has 0 N–H and O–H groups in total. The Bertz CT molecular complexity index is 775. The van der Waals surface area contributed by atoms with Crippen LogP contribution in [0.1, 0.15) is 44.7 Å². The lowest BCUT2D eigenvalue weighted by Gasteiger charge is -2.35. The summed E-state index contributed by atoms with van der Waals surface area (Å²) in [7, 11) is -3.53. The van der Waals surface area contributed by atoms with E-state index in [9.17, 15) is 13.2 Å². The van der Waals surface area contributed by atoms with Gasteiger partial charge in [-0.3, -0.25) is 0 Å². The van der Waals surface area contributed by atoms with Crippen LogP contribution < -0.4 is 0 Å². The van der Waals surface area contributed by atoms with E-state index in [2.05, 4.69) is 0 Å². The molecule has 0 aromatic heterocycles. The van der Waals surface area contributed by atoms with E-state index in [-0.39, 0.29) is 6.09 Å². The minimum atomic E-state index is -3.53. The number of carbonyl (C=O) groups excluding carboxylic acids is 1. The number of hydrogen-bond donors (Lipinski definition) is 0. The highest BCUT2D eigenvalue weighted by molar-refractivity contribution is 7.89. The van der Waals surface area contributed by atoms with E-state index in [1.165, 1.54) is 16.3 Å². The Labute approximate surface area is 156 Å². The Balaban J connectivity index is 1.67. The van der Waals surface area contributed by atoms with Crippen LogP contribution in [-0.4, -0.2) is 55.5 Å². The number of nitrogens with zero attached hydrogens (tertiary/aromatic N) is 2. The van der Waals surface area contributed by atoms with Gasteiger partial charge in [0.15, 0.2) is 0 Å². The van der Waals surface area contributed by atoms with Gasteiger partial charge in [0.05, 0.1) is 4.90 Å². The molecule has 2 aliphatic rings. The van der Waals surface area contributed by atoms with Crippen LogP contribution in [0.5, 0.6) is 0 Å². The molecule has 0 unspecified atom stereocenters. The van der Waals surface area contributed by atoms with Crippen LogP contribution in [0.25, 0.3) is 0 Å². The summed E-state index contributed by atoms with van der Waals surface area (Å²) in [5, 5.41) is 0. The van der Waals surface area contributed by atoms with E-state index in [0.29, 0.717) is 31.1 Å². The van der Waals surface area contributed by atoms with Gasteiger partial charge < -0.3 is 9.64 Å². The van der Waals surface area contributed by atoms with Crippen molar-refractivity contribution in [1.29, 1.82) is 0 Å². The standard InChI is InChI=1S/C19H28N2O4S/c1-19(2,3)25-18(22)20-10-12-21(13-11-20)26(23,24)17-9-8-15-6-4-5-7-16(15)14-17/h8-9,14H,4-7,10-13H2,1-3H3. The molecule has 3 rings (SSSR count). The molecule has 6 nitrogen and oxygen atoms in total. The number of piperazine rings is 1. The van der Waals surface area contributed by atoms with Crippen LogP contribution in [0.2, 0.25) is 0 Å². The first-order chi connectivity index (χ1) is 12.2. The van der Waals surface area contributed by atoms with Gasteiger partial charge in [0.25, 0.3) is 0 Å². The molecule has 0 atom stereocenters. The fourth-order valence-electron chi connectivity index (χ4n) is 3.46. The number of hydrogen-bond acceptors (Lipinski definition) is 4. The van der Waals surface area contributed by atoms with Crippen LogP contribution in [0.4, 0.5) is 4.79 Å². The summed E-state index contributed by atoms with van der Waals surface area (Å²) in [6.07, 6.45) is 3.88. The van der Waals surface area contributed by atoms with Crippen molar-refractivity contribution in [2.24, 2.45) is 0 Å². The van der Waals surface area contributed by atoms with Crippen LogP contribution in [0.15, 0.2) is 23.1 Å². The molecule has 1 amide bonds. The van der Waals surface area contributed by atoms with Gasteiger partial charge in [0, 0.05) is 26.2 Å². The molecule has 144 valence electrons. The topological polar surface area (TPSA) is 66.9 Å². The maximum absolute atomic E-state index is 13.0. The predicted octanol–water partition coefficient (Wildman–Crippen LogP) is 2.81. The molecule has 0 bridgehead atoms. The van der Waals surface area contributed by atoms with Crippen molar-refractivity contribution in [3.8, 4) is 0 Å². The Kier molecular flexibility index (Phi) is 5.30. The minimum absolute atomic E-state index is 0.290. The smallest absolute Gasteiger partial charge is 0.410 e. The molecular formula is C19H28N2O4S. The number of rotatable bonds is 2. The molecular weight excluding hydrogens is 352 g/mol. The third kappa shape index (κ3) is 4.20. The summed E-state index contributed by atoms with van der Waals surface area (Å²) in [6, 6.07) is 5.52. The van der Waals surface area contributed by atoms with Crippen molar-refractivity contribution in [3.63, 3.8) is 0 Å². The summed E-state index contributed by atoms with van der Waals surface area (Å²) in [4.78, 5) is 14.1. The van der Waals surface area contributed by atoms with E-state index in [1.807, 2.05) is 32.9 Å². The number of amides is 1. The lowest BCUT2D eigenvalue weighted by molar-refractivity contribution is 0.0192. The van der Waals surface area contributed by atoms with Crippen LogP contribution in [0.3, 0.4) is 0 Å². The summed E-state index contributed by atoms with van der Waals surface area (Å²) < 4.78 is 32.8. The summed E-state index contributed by atoms with van der Waals surface area (Å²) in [5.41, 5.74) is 1.87. The van der Waals surface area contributed by atoms with Crippen LogP contribution in [-0.2, 0) is 27.6 Å². The fourth-order valence-corrected chi connectivity index (χ4v) is 4.93. The molecule has 26 heavy (non-hydrogen) atoms. The average Bonchev–Trinajstić information content (AvgIpc) is 2.60. The molecule has 1 saturated heterocycles. The first-order valence-corrected chi connectivity index (χ1v) is 10.7. The zero-order chi connectivity index (χ0) is 18.9. The van der Waals surface area contributed by atoms with Gasteiger partial charge in [-0.2, -0.15) is 4.31 Å². The van der Waals surface area contributed by atoms with E-state index in [0.717, 1.165) is 24.8 Å². The lowest BCUT2D eigenvalue weighted by atomic mass is 9.92. The molecule has 1 heterocycles. The summed E-state index contributed by atoms with van der Waals surface area (Å²) >= 11 is 0. The Morgan fingerprint density at radius 3 is 2.23 bits per heavy atom. The van der Waals surface area contributed by atoms with Gasteiger partial charge in [0.1, 0.15) is 5.60 Å². The van der Waals surface area contributed by atoms with Crippen molar-refractivity contribution >= 4 is 16.1 Å². The van der Waals surface area contributed by atoms with Crippen molar-refractivity contribution in [2.45, 2.75) is 57.0 Å². The number of benzene rings is 1. The van der Waals surface area contributed by atoms with E-state index < -0.39 is 15.6 Å². The Hall–Kier alpha value is -1.60. The maximum Gasteiger partial charge on any atom is 0.410 e. The minimum Gasteiger partial charge on any atom is -0.444 e. The van der Waals surface area contributed by atoms with Crippen molar-refractivity contribution in [3.05, 3.63) is 29.3 Å². The van der Waals surface area contributed by atoms with Gasteiger partial charge in [-0.1, -0.05) is 6.07 Å². The largest absolute Gasteiger partial charge is 0.444 e. The van der Waals surface area contributed by atoms with E-state index in [1.54, 1.807) is 11.0 Å². The zero-order valence-electron chi connectivity index (χ0n) is 15.8. The highest BCUT2D eigenvalue weighted by atomic mass is 32.2. The van der Waals surface area contributed by atoms with Gasteiger partial charge >= 0.3 is 6.09 Å². The second kappa shape index (κ2) is 7.19. The number of aryl methyl sites for hydroxylation is 2. The average molecular weight is 381 g/mol. The van der Waals surface area contributed by atoms with Crippen LogP contribution >= 0.6 is 0 Å². The Morgan fingerprint density at radius 1 is 1.00 bits per heavy atom. The molecule has 1 aromatic rings. The van der Waals surface area contributed by atoms with Crippen molar-refractivity contribution in [2.75, 3.05) is 26.2 Å². The normalized spacial score (nSPS) is 19.1. The van der Waals surface area contributed by atoms with Gasteiger partial charge in [-0.05, 0) is 69.7 Å².